The Morgan fingerprint density at radius 2 is 1.54 bits per heavy atom. The zero-order valence-electron chi connectivity index (χ0n) is 21.7. The SMILES string of the molecule is COc1cc([C@H]2[C@@H]3C(=O)N(c4ccc(Cl)c(Cl)c4)C(=O)[C@H]3ON2c2ccccc2)c(Br)cc1OCc1ccccc1. The van der Waals surface area contributed by atoms with Crippen molar-refractivity contribution in [2.45, 2.75) is 18.8 Å². The summed E-state index contributed by atoms with van der Waals surface area (Å²) in [7, 11) is 1.56. The number of rotatable bonds is 7. The van der Waals surface area contributed by atoms with Crippen molar-refractivity contribution in [1.82, 2.24) is 0 Å². The van der Waals surface area contributed by atoms with Crippen molar-refractivity contribution in [3.63, 3.8) is 0 Å². The first-order valence-corrected chi connectivity index (χ1v) is 14.3. The number of hydrogen-bond acceptors (Lipinski definition) is 6. The summed E-state index contributed by atoms with van der Waals surface area (Å²) in [6, 6.07) is 26.8. The molecular formula is C31H23BrCl2N2O5. The molecule has 3 atom stereocenters. The number of imide groups is 1. The first kappa shape index (κ1) is 27.6. The Labute approximate surface area is 255 Å². The van der Waals surface area contributed by atoms with Crippen LogP contribution in [0.25, 0.3) is 0 Å². The fraction of sp³-hybridized carbons (Fsp3) is 0.161. The minimum atomic E-state index is -1.05. The van der Waals surface area contributed by atoms with Crippen LogP contribution in [-0.2, 0) is 21.0 Å². The highest BCUT2D eigenvalue weighted by molar-refractivity contribution is 9.10. The molecule has 41 heavy (non-hydrogen) atoms. The Morgan fingerprint density at radius 1 is 0.829 bits per heavy atom. The molecule has 0 radical (unpaired) electrons. The van der Waals surface area contributed by atoms with Gasteiger partial charge in [-0.05, 0) is 53.6 Å². The number of nitrogens with zero attached hydrogens (tertiary/aromatic N) is 2. The number of anilines is 2. The highest BCUT2D eigenvalue weighted by Gasteiger charge is 2.60. The lowest BCUT2D eigenvalue weighted by Gasteiger charge is -2.30. The van der Waals surface area contributed by atoms with Crippen LogP contribution in [-0.4, -0.2) is 25.0 Å². The number of carbonyl (C=O) groups is 2. The molecule has 2 aliphatic heterocycles. The van der Waals surface area contributed by atoms with E-state index in [1.54, 1.807) is 24.3 Å². The Hall–Kier alpha value is -3.56. The van der Waals surface area contributed by atoms with Crippen LogP contribution in [0.1, 0.15) is 17.2 Å². The summed E-state index contributed by atoms with van der Waals surface area (Å²) in [5.41, 5.74) is 2.74. The number of methoxy groups -OCH3 is 1. The third-order valence-corrected chi connectivity index (χ3v) is 8.55. The van der Waals surface area contributed by atoms with Gasteiger partial charge in [-0.1, -0.05) is 87.7 Å². The first-order chi connectivity index (χ1) is 19.9. The van der Waals surface area contributed by atoms with Crippen LogP contribution in [0.3, 0.4) is 0 Å². The van der Waals surface area contributed by atoms with Gasteiger partial charge in [-0.3, -0.25) is 14.4 Å². The molecule has 0 aromatic heterocycles. The average molecular weight is 654 g/mol. The summed E-state index contributed by atoms with van der Waals surface area (Å²) < 4.78 is 12.5. The fourth-order valence-corrected chi connectivity index (χ4v) is 6.04. The van der Waals surface area contributed by atoms with Gasteiger partial charge in [0.2, 0.25) is 5.91 Å². The standard InChI is InChI=1S/C31H23BrCl2N2O5/c1-39-25-15-21(22(32)16-26(25)40-17-18-8-4-2-5-9-18)28-27-29(41-36(28)19-10-6-3-7-11-19)31(38)35(30(27)37)20-12-13-23(33)24(34)14-20/h2-16,27-29H,17H2,1H3/t27-,28-,29-/m0/s1. The normalized spacial score (nSPS) is 20.0. The molecule has 4 aromatic rings. The summed E-state index contributed by atoms with van der Waals surface area (Å²) in [5, 5.41) is 2.19. The second-order valence-corrected chi connectivity index (χ2v) is 11.2. The zero-order valence-corrected chi connectivity index (χ0v) is 24.8. The number of hydrogen-bond donors (Lipinski definition) is 0. The Morgan fingerprint density at radius 3 is 2.22 bits per heavy atom. The largest absolute Gasteiger partial charge is 0.493 e. The third kappa shape index (κ3) is 5.06. The summed E-state index contributed by atoms with van der Waals surface area (Å²) >= 11 is 16.0. The van der Waals surface area contributed by atoms with Gasteiger partial charge in [-0.25, -0.2) is 9.96 Å². The summed E-state index contributed by atoms with van der Waals surface area (Å²) in [6.45, 7) is 0.349. The number of para-hydroxylation sites is 1. The van der Waals surface area contributed by atoms with Crippen LogP contribution < -0.4 is 19.4 Å². The fourth-order valence-electron chi connectivity index (χ4n) is 5.19. The van der Waals surface area contributed by atoms with Crippen molar-refractivity contribution in [2.24, 2.45) is 5.92 Å². The molecule has 2 saturated heterocycles. The van der Waals surface area contributed by atoms with Crippen molar-refractivity contribution >= 4 is 62.3 Å². The molecule has 0 N–H and O–H groups in total. The van der Waals surface area contributed by atoms with Crippen molar-refractivity contribution in [2.75, 3.05) is 17.1 Å². The highest BCUT2D eigenvalue weighted by Crippen LogP contribution is 2.51. The summed E-state index contributed by atoms with van der Waals surface area (Å²) in [6.07, 6.45) is -1.05. The molecule has 7 nitrogen and oxygen atoms in total. The van der Waals surface area contributed by atoms with E-state index in [4.69, 9.17) is 37.5 Å². The van der Waals surface area contributed by atoms with Crippen molar-refractivity contribution in [1.29, 1.82) is 0 Å². The molecule has 2 amide bonds. The Kier molecular flexibility index (Phi) is 7.66. The lowest BCUT2D eigenvalue weighted by Crippen LogP contribution is -2.37. The molecule has 2 fully saturated rings. The maximum Gasteiger partial charge on any atom is 0.266 e. The number of carbonyl (C=O) groups excluding carboxylic acids is 2. The molecule has 2 aliphatic rings. The quantitative estimate of drug-likeness (QED) is 0.194. The van der Waals surface area contributed by atoms with Crippen molar-refractivity contribution in [3.05, 3.63) is 117 Å². The molecule has 2 heterocycles. The van der Waals surface area contributed by atoms with E-state index in [9.17, 15) is 9.59 Å². The molecule has 6 rings (SSSR count). The van der Waals surface area contributed by atoms with E-state index in [-0.39, 0.29) is 5.02 Å². The molecular weight excluding hydrogens is 631 g/mol. The first-order valence-electron chi connectivity index (χ1n) is 12.8. The third-order valence-electron chi connectivity index (χ3n) is 7.13. The lowest BCUT2D eigenvalue weighted by molar-refractivity contribution is -0.126. The molecule has 10 heteroatoms. The summed E-state index contributed by atoms with van der Waals surface area (Å²) in [4.78, 5) is 35.0. The van der Waals surface area contributed by atoms with Crippen LogP contribution in [0.15, 0.2) is 95.5 Å². The maximum absolute atomic E-state index is 14.0. The number of ether oxygens (including phenoxy) is 2. The van der Waals surface area contributed by atoms with E-state index in [1.807, 2.05) is 72.8 Å². The van der Waals surface area contributed by atoms with Gasteiger partial charge in [-0.2, -0.15) is 0 Å². The maximum atomic E-state index is 14.0. The molecule has 208 valence electrons. The van der Waals surface area contributed by atoms with E-state index in [0.717, 1.165) is 10.5 Å². The van der Waals surface area contributed by atoms with Gasteiger partial charge in [-0.15, -0.1) is 0 Å². The van der Waals surface area contributed by atoms with Crippen LogP contribution in [0.4, 0.5) is 11.4 Å². The molecule has 0 saturated carbocycles. The van der Waals surface area contributed by atoms with Crippen LogP contribution in [0, 0.1) is 5.92 Å². The van der Waals surface area contributed by atoms with Gasteiger partial charge >= 0.3 is 0 Å². The van der Waals surface area contributed by atoms with Gasteiger partial charge in [0.15, 0.2) is 17.6 Å². The molecule has 4 aromatic carbocycles. The number of fused-ring (bicyclic) bond motifs is 1. The second kappa shape index (κ2) is 11.4. The number of hydroxylamine groups is 1. The number of halogens is 3. The Bertz CT molecular complexity index is 1620. The monoisotopic (exact) mass is 652 g/mol. The topological polar surface area (TPSA) is 68.3 Å². The van der Waals surface area contributed by atoms with Gasteiger partial charge < -0.3 is 9.47 Å². The molecule has 0 spiro atoms. The highest BCUT2D eigenvalue weighted by atomic mass is 79.9. The van der Waals surface area contributed by atoms with E-state index in [1.165, 1.54) is 6.07 Å². The van der Waals surface area contributed by atoms with E-state index >= 15 is 0 Å². The van der Waals surface area contributed by atoms with Gasteiger partial charge in [0, 0.05) is 4.47 Å². The lowest BCUT2D eigenvalue weighted by atomic mass is 9.90. The van der Waals surface area contributed by atoms with Crippen molar-refractivity contribution < 1.29 is 23.9 Å². The predicted molar refractivity (Wildman–Crippen MR) is 160 cm³/mol. The minimum Gasteiger partial charge on any atom is -0.493 e. The molecule has 0 bridgehead atoms. The van der Waals surface area contributed by atoms with Crippen molar-refractivity contribution in [3.8, 4) is 11.5 Å². The van der Waals surface area contributed by atoms with E-state index < -0.39 is 29.9 Å². The smallest absolute Gasteiger partial charge is 0.266 e. The average Bonchev–Trinajstić information content (AvgIpc) is 3.50. The Balaban J connectivity index is 1.40. The van der Waals surface area contributed by atoms with Gasteiger partial charge in [0.25, 0.3) is 5.91 Å². The number of benzene rings is 4. The van der Waals surface area contributed by atoms with Crippen LogP contribution >= 0.6 is 39.1 Å². The van der Waals surface area contributed by atoms with Crippen LogP contribution in [0.2, 0.25) is 10.0 Å². The minimum absolute atomic E-state index is 0.240. The summed E-state index contributed by atoms with van der Waals surface area (Å²) in [5.74, 6) is -0.729. The van der Waals surface area contributed by atoms with E-state index in [0.29, 0.717) is 44.5 Å². The van der Waals surface area contributed by atoms with Crippen LogP contribution in [0.5, 0.6) is 11.5 Å². The predicted octanol–water partition coefficient (Wildman–Crippen LogP) is 7.39. The number of amides is 2. The second-order valence-electron chi connectivity index (χ2n) is 9.57. The molecule has 0 aliphatic carbocycles. The van der Waals surface area contributed by atoms with Gasteiger partial charge in [0.05, 0.1) is 34.6 Å². The van der Waals surface area contributed by atoms with E-state index in [2.05, 4.69) is 15.9 Å². The van der Waals surface area contributed by atoms with Gasteiger partial charge in [0.1, 0.15) is 12.5 Å². The zero-order chi connectivity index (χ0) is 28.7. The molecule has 0 unspecified atom stereocenters.